The first kappa shape index (κ1) is 14.2. The summed E-state index contributed by atoms with van der Waals surface area (Å²) in [6.07, 6.45) is 2.32. The molecular weight excluding hydrogens is 216 g/mol. The summed E-state index contributed by atoms with van der Waals surface area (Å²) >= 11 is 0. The maximum Gasteiger partial charge on any atom is 0.241 e. The molecule has 0 spiro atoms. The van der Waals surface area contributed by atoms with Crippen molar-refractivity contribution in [3.05, 3.63) is 12.7 Å². The summed E-state index contributed by atoms with van der Waals surface area (Å²) in [5.41, 5.74) is 5.04. The minimum atomic E-state index is -0.843. The predicted molar refractivity (Wildman–Crippen MR) is 68.5 cm³/mol. The summed E-state index contributed by atoms with van der Waals surface area (Å²) in [5.74, 6) is -0.120. The van der Waals surface area contributed by atoms with E-state index in [1.807, 2.05) is 27.7 Å². The van der Waals surface area contributed by atoms with Crippen LogP contribution in [-0.2, 0) is 9.53 Å². The quantitative estimate of drug-likeness (QED) is 0.710. The van der Waals surface area contributed by atoms with E-state index >= 15 is 0 Å². The third-order valence-corrected chi connectivity index (χ3v) is 3.95. The van der Waals surface area contributed by atoms with Crippen molar-refractivity contribution in [2.24, 2.45) is 11.1 Å². The number of hydrogen-bond donors (Lipinski definition) is 2. The van der Waals surface area contributed by atoms with Gasteiger partial charge in [-0.25, -0.2) is 0 Å². The van der Waals surface area contributed by atoms with Crippen molar-refractivity contribution in [3.63, 3.8) is 0 Å². The Morgan fingerprint density at radius 2 is 2.29 bits per heavy atom. The first-order valence-electron chi connectivity index (χ1n) is 6.13. The zero-order valence-corrected chi connectivity index (χ0v) is 11.2. The topological polar surface area (TPSA) is 64.4 Å². The smallest absolute Gasteiger partial charge is 0.241 e. The Labute approximate surface area is 104 Å². The SMILES string of the molecule is C=CC(C)NC(=O)C1(N)CC(OCC)C1(C)C. The Morgan fingerprint density at radius 3 is 2.71 bits per heavy atom. The third-order valence-electron chi connectivity index (χ3n) is 3.95. The highest BCUT2D eigenvalue weighted by Crippen LogP contribution is 2.49. The summed E-state index contributed by atoms with van der Waals surface area (Å²) < 4.78 is 5.59. The molecule has 3 N–H and O–H groups in total. The molecule has 4 nitrogen and oxygen atoms in total. The lowest BCUT2D eigenvalue weighted by Crippen LogP contribution is -2.76. The molecule has 3 atom stereocenters. The first-order valence-corrected chi connectivity index (χ1v) is 6.13. The molecule has 0 bridgehead atoms. The molecule has 3 unspecified atom stereocenters. The van der Waals surface area contributed by atoms with E-state index in [2.05, 4.69) is 11.9 Å². The van der Waals surface area contributed by atoms with Gasteiger partial charge in [-0.05, 0) is 13.8 Å². The number of rotatable bonds is 5. The van der Waals surface area contributed by atoms with Crippen molar-refractivity contribution >= 4 is 5.91 Å². The van der Waals surface area contributed by atoms with Crippen molar-refractivity contribution < 1.29 is 9.53 Å². The van der Waals surface area contributed by atoms with E-state index in [4.69, 9.17) is 10.5 Å². The zero-order chi connectivity index (χ0) is 13.3. The van der Waals surface area contributed by atoms with E-state index in [9.17, 15) is 4.79 Å². The van der Waals surface area contributed by atoms with Crippen LogP contribution in [0.3, 0.4) is 0 Å². The Bertz CT molecular complexity index is 315. The van der Waals surface area contributed by atoms with Crippen LogP contribution in [0.15, 0.2) is 12.7 Å². The highest BCUT2D eigenvalue weighted by molar-refractivity contribution is 5.89. The molecule has 0 heterocycles. The molecular formula is C13H24N2O2. The zero-order valence-electron chi connectivity index (χ0n) is 11.2. The van der Waals surface area contributed by atoms with Crippen LogP contribution in [0, 0.1) is 5.41 Å². The first-order chi connectivity index (χ1) is 7.79. The molecule has 0 saturated heterocycles. The van der Waals surface area contributed by atoms with Crippen molar-refractivity contribution in [1.82, 2.24) is 5.32 Å². The molecule has 0 aliphatic heterocycles. The molecule has 0 radical (unpaired) electrons. The minimum Gasteiger partial charge on any atom is -0.378 e. The number of amides is 1. The summed E-state index contributed by atoms with van der Waals surface area (Å²) in [6, 6.07) is -0.0649. The van der Waals surface area contributed by atoms with E-state index in [0.29, 0.717) is 13.0 Å². The molecule has 98 valence electrons. The number of carbonyl (C=O) groups is 1. The van der Waals surface area contributed by atoms with Crippen LogP contribution in [-0.4, -0.2) is 30.2 Å². The lowest BCUT2D eigenvalue weighted by molar-refractivity contribution is -0.170. The fourth-order valence-corrected chi connectivity index (χ4v) is 2.22. The van der Waals surface area contributed by atoms with E-state index in [1.165, 1.54) is 0 Å². The van der Waals surface area contributed by atoms with Crippen LogP contribution >= 0.6 is 0 Å². The monoisotopic (exact) mass is 240 g/mol. The van der Waals surface area contributed by atoms with Crippen LogP contribution < -0.4 is 11.1 Å². The van der Waals surface area contributed by atoms with Crippen molar-refractivity contribution in [1.29, 1.82) is 0 Å². The van der Waals surface area contributed by atoms with Gasteiger partial charge in [0.1, 0.15) is 5.54 Å². The second-order valence-corrected chi connectivity index (χ2v) is 5.34. The van der Waals surface area contributed by atoms with Gasteiger partial charge in [-0.3, -0.25) is 4.79 Å². The highest BCUT2D eigenvalue weighted by atomic mass is 16.5. The largest absolute Gasteiger partial charge is 0.378 e. The molecule has 1 rings (SSSR count). The Morgan fingerprint density at radius 1 is 1.71 bits per heavy atom. The fourth-order valence-electron chi connectivity index (χ4n) is 2.22. The Balaban J connectivity index is 2.71. The Kier molecular flexibility index (Phi) is 3.99. The molecule has 0 aromatic heterocycles. The summed E-state index contributed by atoms with van der Waals surface area (Å²) in [4.78, 5) is 12.1. The van der Waals surface area contributed by atoms with Crippen LogP contribution in [0.4, 0.5) is 0 Å². The molecule has 0 aromatic rings. The maximum absolute atomic E-state index is 12.1. The molecule has 1 fully saturated rings. The average Bonchev–Trinajstić information content (AvgIpc) is 2.28. The number of ether oxygens (including phenoxy) is 1. The van der Waals surface area contributed by atoms with E-state index in [-0.39, 0.29) is 23.5 Å². The van der Waals surface area contributed by atoms with Gasteiger partial charge in [0.25, 0.3) is 0 Å². The molecule has 1 amide bonds. The molecule has 17 heavy (non-hydrogen) atoms. The summed E-state index contributed by atoms with van der Waals surface area (Å²) in [5, 5.41) is 2.85. The van der Waals surface area contributed by atoms with E-state index in [0.717, 1.165) is 0 Å². The van der Waals surface area contributed by atoms with Crippen LogP contribution in [0.25, 0.3) is 0 Å². The van der Waals surface area contributed by atoms with Crippen molar-refractivity contribution in [3.8, 4) is 0 Å². The van der Waals surface area contributed by atoms with Gasteiger partial charge >= 0.3 is 0 Å². The van der Waals surface area contributed by atoms with Gasteiger partial charge in [0.05, 0.1) is 6.10 Å². The van der Waals surface area contributed by atoms with E-state index in [1.54, 1.807) is 6.08 Å². The Hall–Kier alpha value is -0.870. The van der Waals surface area contributed by atoms with Crippen LogP contribution in [0.5, 0.6) is 0 Å². The van der Waals surface area contributed by atoms with Gasteiger partial charge < -0.3 is 15.8 Å². The average molecular weight is 240 g/mol. The standard InChI is InChI=1S/C13H24N2O2/c1-6-9(3)15-11(16)13(14)8-10(17-7-2)12(13,4)5/h6,9-10H,1,7-8,14H2,2-5H3,(H,15,16). The lowest BCUT2D eigenvalue weighted by atomic mass is 9.54. The molecule has 4 heteroatoms. The van der Waals surface area contributed by atoms with Crippen molar-refractivity contribution in [2.45, 2.75) is 51.8 Å². The van der Waals surface area contributed by atoms with Gasteiger partial charge in [-0.15, -0.1) is 6.58 Å². The number of carbonyl (C=O) groups excluding carboxylic acids is 1. The second kappa shape index (κ2) is 4.78. The molecule has 0 aromatic carbocycles. The lowest BCUT2D eigenvalue weighted by Gasteiger charge is -2.57. The maximum atomic E-state index is 12.1. The number of nitrogens with one attached hydrogen (secondary N) is 1. The second-order valence-electron chi connectivity index (χ2n) is 5.34. The molecule has 1 aliphatic carbocycles. The third kappa shape index (κ3) is 2.24. The summed E-state index contributed by atoms with van der Waals surface area (Å²) in [6.45, 7) is 12.1. The van der Waals surface area contributed by atoms with Crippen molar-refractivity contribution in [2.75, 3.05) is 6.61 Å². The van der Waals surface area contributed by atoms with Gasteiger partial charge in [-0.2, -0.15) is 0 Å². The van der Waals surface area contributed by atoms with E-state index < -0.39 is 5.54 Å². The highest BCUT2D eigenvalue weighted by Gasteiger charge is 2.62. The number of hydrogen-bond acceptors (Lipinski definition) is 3. The van der Waals surface area contributed by atoms with Gasteiger partial charge in [0.2, 0.25) is 5.91 Å². The van der Waals surface area contributed by atoms with Crippen LogP contribution in [0.1, 0.15) is 34.1 Å². The van der Waals surface area contributed by atoms with Gasteiger partial charge in [0.15, 0.2) is 0 Å². The van der Waals surface area contributed by atoms with Gasteiger partial charge in [0, 0.05) is 24.5 Å². The molecule has 1 aliphatic rings. The predicted octanol–water partition coefficient (Wildman–Crippen LogP) is 1.21. The summed E-state index contributed by atoms with van der Waals surface area (Å²) in [7, 11) is 0. The fraction of sp³-hybridized carbons (Fsp3) is 0.769. The molecule has 1 saturated carbocycles. The number of nitrogens with two attached hydrogens (primary N) is 1. The normalized spacial score (nSPS) is 32.4. The minimum absolute atomic E-state index is 0.0577. The van der Waals surface area contributed by atoms with Gasteiger partial charge in [-0.1, -0.05) is 19.9 Å². The van der Waals surface area contributed by atoms with Crippen LogP contribution in [0.2, 0.25) is 0 Å².